The van der Waals surface area contributed by atoms with Gasteiger partial charge in [0.15, 0.2) is 0 Å². The number of benzene rings is 1. The van der Waals surface area contributed by atoms with Crippen molar-refractivity contribution in [2.75, 3.05) is 0 Å². The molecule has 0 bridgehead atoms. The first-order valence-corrected chi connectivity index (χ1v) is 8.88. The van der Waals surface area contributed by atoms with E-state index in [9.17, 15) is 4.79 Å². The number of amides is 1. The maximum absolute atomic E-state index is 13.5. The summed E-state index contributed by atoms with van der Waals surface area (Å²) in [6.45, 7) is 6.99. The molecular weight excluding hydrogens is 328 g/mol. The predicted octanol–water partition coefficient (Wildman–Crippen LogP) is 3.70. The highest BCUT2D eigenvalue weighted by Crippen LogP contribution is 2.32. The maximum Gasteiger partial charge on any atom is 0.260 e. The molecule has 3 heterocycles. The summed E-state index contributed by atoms with van der Waals surface area (Å²) in [5.41, 5.74) is 2.41. The molecule has 1 aromatic carbocycles. The van der Waals surface area contributed by atoms with E-state index in [0.29, 0.717) is 30.1 Å². The fourth-order valence-electron chi connectivity index (χ4n) is 3.57. The van der Waals surface area contributed by atoms with Crippen LogP contribution in [0, 0.1) is 6.92 Å². The monoisotopic (exact) mass is 350 g/mol. The van der Waals surface area contributed by atoms with Gasteiger partial charge in [-0.15, -0.1) is 0 Å². The second-order valence-electron chi connectivity index (χ2n) is 7.01. The fraction of sp³-hybridized carbons (Fsp3) is 0.350. The van der Waals surface area contributed by atoms with Gasteiger partial charge in [0.1, 0.15) is 17.1 Å². The van der Waals surface area contributed by atoms with Gasteiger partial charge in [-0.05, 0) is 18.4 Å². The van der Waals surface area contributed by atoms with Crippen LogP contribution >= 0.6 is 0 Å². The summed E-state index contributed by atoms with van der Waals surface area (Å²) in [4.78, 5) is 19.8. The minimum atomic E-state index is -0.0558. The van der Waals surface area contributed by atoms with Gasteiger partial charge in [0.25, 0.3) is 5.91 Å². The molecule has 0 spiro atoms. The van der Waals surface area contributed by atoms with Crippen LogP contribution in [-0.2, 0) is 13.1 Å². The van der Waals surface area contributed by atoms with Crippen molar-refractivity contribution in [1.29, 1.82) is 0 Å². The highest BCUT2D eigenvalue weighted by atomic mass is 16.5. The summed E-state index contributed by atoms with van der Waals surface area (Å²) >= 11 is 0. The zero-order chi connectivity index (χ0) is 18.3. The third kappa shape index (κ3) is 2.71. The van der Waals surface area contributed by atoms with E-state index in [1.54, 1.807) is 13.1 Å². The summed E-state index contributed by atoms with van der Waals surface area (Å²) < 4.78 is 7.46. The van der Waals surface area contributed by atoms with E-state index in [1.165, 1.54) is 0 Å². The number of imidazole rings is 1. The molecule has 0 saturated heterocycles. The molecule has 0 radical (unpaired) electrons. The molecule has 0 saturated carbocycles. The van der Waals surface area contributed by atoms with Gasteiger partial charge in [-0.3, -0.25) is 4.79 Å². The summed E-state index contributed by atoms with van der Waals surface area (Å²) in [6, 6.07) is 10.1. The van der Waals surface area contributed by atoms with Crippen LogP contribution in [0.2, 0.25) is 0 Å². The molecule has 1 aliphatic heterocycles. The lowest BCUT2D eigenvalue weighted by atomic mass is 9.99. The zero-order valence-electron chi connectivity index (χ0n) is 15.2. The molecule has 0 unspecified atom stereocenters. The molecular formula is C20H22N4O2. The van der Waals surface area contributed by atoms with Crippen LogP contribution in [-0.4, -0.2) is 25.5 Å². The van der Waals surface area contributed by atoms with Gasteiger partial charge in [-0.2, -0.15) is 0 Å². The van der Waals surface area contributed by atoms with Crippen LogP contribution in [0.4, 0.5) is 0 Å². The van der Waals surface area contributed by atoms with Crippen molar-refractivity contribution in [3.8, 4) is 0 Å². The number of carbonyl (C=O) groups excluding carboxylic acids is 1. The van der Waals surface area contributed by atoms with Crippen molar-refractivity contribution < 1.29 is 9.32 Å². The SMILES string of the molecule is Cc1onc(C(C)C)c1C(=O)N1Cc2nccn2C[C@@H]1c1ccccc1. The molecule has 3 aromatic rings. The van der Waals surface area contributed by atoms with Crippen LogP contribution in [0.1, 0.15) is 59.0 Å². The summed E-state index contributed by atoms with van der Waals surface area (Å²) in [5, 5.41) is 4.12. The molecule has 0 aliphatic carbocycles. The number of aryl methyl sites for hydroxylation is 1. The molecule has 134 valence electrons. The lowest BCUT2D eigenvalue weighted by molar-refractivity contribution is 0.0581. The van der Waals surface area contributed by atoms with Crippen LogP contribution in [0.25, 0.3) is 0 Å². The standard InChI is InChI=1S/C20H22N4O2/c1-13(2)19-18(14(3)26-22-19)20(25)24-12-17-21-9-10-23(17)11-16(24)15-7-5-4-6-8-15/h4-10,13,16H,11-12H2,1-3H3/t16-/m1/s1. The summed E-state index contributed by atoms with van der Waals surface area (Å²) in [6.07, 6.45) is 3.76. The Morgan fingerprint density at radius 2 is 2.04 bits per heavy atom. The van der Waals surface area contributed by atoms with Crippen LogP contribution in [0.3, 0.4) is 0 Å². The van der Waals surface area contributed by atoms with Gasteiger partial charge in [0.05, 0.1) is 18.3 Å². The van der Waals surface area contributed by atoms with Crippen LogP contribution in [0.5, 0.6) is 0 Å². The molecule has 1 aliphatic rings. The Hall–Kier alpha value is -2.89. The van der Waals surface area contributed by atoms with Crippen molar-refractivity contribution in [2.24, 2.45) is 0 Å². The molecule has 4 rings (SSSR count). The van der Waals surface area contributed by atoms with Crippen molar-refractivity contribution in [3.63, 3.8) is 0 Å². The van der Waals surface area contributed by atoms with Crippen molar-refractivity contribution in [3.05, 3.63) is 71.1 Å². The largest absolute Gasteiger partial charge is 0.361 e. The first kappa shape index (κ1) is 16.6. The number of hydrogen-bond donors (Lipinski definition) is 0. The second kappa shape index (κ2) is 6.44. The Labute approximate surface area is 152 Å². The van der Waals surface area contributed by atoms with E-state index < -0.39 is 0 Å². The van der Waals surface area contributed by atoms with Gasteiger partial charge in [0, 0.05) is 18.9 Å². The quantitative estimate of drug-likeness (QED) is 0.722. The van der Waals surface area contributed by atoms with Gasteiger partial charge in [-0.25, -0.2) is 4.98 Å². The molecule has 1 amide bonds. The highest BCUT2D eigenvalue weighted by Gasteiger charge is 2.35. The van der Waals surface area contributed by atoms with E-state index in [4.69, 9.17) is 4.52 Å². The number of hydrogen-bond acceptors (Lipinski definition) is 4. The van der Waals surface area contributed by atoms with Crippen LogP contribution in [0.15, 0.2) is 47.2 Å². The average molecular weight is 350 g/mol. The van der Waals surface area contributed by atoms with Gasteiger partial charge in [0.2, 0.25) is 0 Å². The minimum Gasteiger partial charge on any atom is -0.361 e. The third-order valence-electron chi connectivity index (χ3n) is 4.95. The fourth-order valence-corrected chi connectivity index (χ4v) is 3.57. The zero-order valence-corrected chi connectivity index (χ0v) is 15.2. The predicted molar refractivity (Wildman–Crippen MR) is 96.6 cm³/mol. The summed E-state index contributed by atoms with van der Waals surface area (Å²) in [7, 11) is 0. The molecule has 0 N–H and O–H groups in total. The average Bonchev–Trinajstić information content (AvgIpc) is 3.26. The van der Waals surface area contributed by atoms with Crippen molar-refractivity contribution in [1.82, 2.24) is 19.6 Å². The Morgan fingerprint density at radius 3 is 2.77 bits per heavy atom. The number of aromatic nitrogens is 3. The van der Waals surface area contributed by atoms with E-state index in [-0.39, 0.29) is 17.9 Å². The van der Waals surface area contributed by atoms with E-state index in [0.717, 1.165) is 11.4 Å². The van der Waals surface area contributed by atoms with Gasteiger partial charge < -0.3 is 14.0 Å². The lowest BCUT2D eigenvalue weighted by Crippen LogP contribution is -2.41. The molecule has 1 atom stereocenters. The Bertz CT molecular complexity index is 926. The first-order valence-electron chi connectivity index (χ1n) is 8.88. The topological polar surface area (TPSA) is 64.2 Å². The van der Waals surface area contributed by atoms with Gasteiger partial charge in [-0.1, -0.05) is 49.3 Å². The van der Waals surface area contributed by atoms with E-state index in [1.807, 2.05) is 43.1 Å². The molecule has 26 heavy (non-hydrogen) atoms. The first-order chi connectivity index (χ1) is 12.6. The molecule has 2 aromatic heterocycles. The van der Waals surface area contributed by atoms with Crippen molar-refractivity contribution >= 4 is 5.91 Å². The Balaban J connectivity index is 1.77. The van der Waals surface area contributed by atoms with E-state index >= 15 is 0 Å². The smallest absolute Gasteiger partial charge is 0.260 e. The number of rotatable bonds is 3. The highest BCUT2D eigenvalue weighted by molar-refractivity contribution is 5.96. The Morgan fingerprint density at radius 1 is 1.27 bits per heavy atom. The van der Waals surface area contributed by atoms with Crippen molar-refractivity contribution in [2.45, 2.75) is 45.8 Å². The Kier molecular flexibility index (Phi) is 4.11. The number of nitrogens with zero attached hydrogens (tertiary/aromatic N) is 4. The number of carbonyl (C=O) groups is 1. The van der Waals surface area contributed by atoms with Crippen LogP contribution < -0.4 is 0 Å². The molecule has 6 heteroatoms. The van der Waals surface area contributed by atoms with Gasteiger partial charge >= 0.3 is 0 Å². The number of fused-ring (bicyclic) bond motifs is 1. The molecule has 0 fully saturated rings. The maximum atomic E-state index is 13.5. The van der Waals surface area contributed by atoms with E-state index in [2.05, 4.69) is 26.8 Å². The molecule has 6 nitrogen and oxygen atoms in total. The minimum absolute atomic E-state index is 0.0458. The third-order valence-corrected chi connectivity index (χ3v) is 4.95. The second-order valence-corrected chi connectivity index (χ2v) is 7.01. The lowest BCUT2D eigenvalue weighted by Gasteiger charge is -2.36. The summed E-state index contributed by atoms with van der Waals surface area (Å²) in [5.74, 6) is 1.54. The normalized spacial score (nSPS) is 16.8.